The van der Waals surface area contributed by atoms with Crippen LogP contribution in [0, 0.1) is 0 Å². The Morgan fingerprint density at radius 1 is 0.958 bits per heavy atom. The van der Waals surface area contributed by atoms with E-state index < -0.39 is 13.8 Å². The fourth-order valence-corrected chi connectivity index (χ4v) is 2.90. The van der Waals surface area contributed by atoms with Crippen LogP contribution in [-0.4, -0.2) is 17.7 Å². The van der Waals surface area contributed by atoms with Crippen LogP contribution in [-0.2, 0) is 13.9 Å². The highest BCUT2D eigenvalue weighted by atomic mass is 31.2. The zero-order valence-electron chi connectivity index (χ0n) is 12.8. The van der Waals surface area contributed by atoms with Crippen molar-refractivity contribution in [3.63, 3.8) is 0 Å². The summed E-state index contributed by atoms with van der Waals surface area (Å²) in [5.41, 5.74) is -0.0547. The molecule has 6 nitrogen and oxygen atoms in total. The van der Waals surface area contributed by atoms with E-state index in [1.165, 1.54) is 0 Å². The third kappa shape index (κ3) is 5.57. The lowest BCUT2D eigenvalue weighted by Gasteiger charge is -2.19. The van der Waals surface area contributed by atoms with Crippen molar-refractivity contribution < 1.29 is 28.0 Å². The van der Waals surface area contributed by atoms with Crippen molar-refractivity contribution in [2.45, 2.75) is 6.42 Å². The number of phosphoric ester groups is 1. The Morgan fingerprint density at radius 3 is 1.83 bits per heavy atom. The van der Waals surface area contributed by atoms with Crippen LogP contribution < -0.4 is 9.05 Å². The van der Waals surface area contributed by atoms with Crippen LogP contribution in [0.15, 0.2) is 72.8 Å². The molecule has 0 fully saturated rings. The molecular formula is C17H17O6P. The molecule has 0 spiro atoms. The van der Waals surface area contributed by atoms with Crippen LogP contribution in [0.4, 0.5) is 0 Å². The molecular weight excluding hydrogens is 331 g/mol. The maximum Gasteiger partial charge on any atom is 0.587 e. The van der Waals surface area contributed by atoms with Gasteiger partial charge in [-0.25, -0.2) is 9.36 Å². The van der Waals surface area contributed by atoms with Crippen LogP contribution >= 0.6 is 7.82 Å². The van der Waals surface area contributed by atoms with Gasteiger partial charge in [0.2, 0.25) is 0 Å². The number of hydrogen-bond donors (Lipinski definition) is 1. The maximum absolute atomic E-state index is 12.9. The molecule has 2 aromatic rings. The SMILES string of the molecule is C=C(CCOP(=O)(Oc1ccccc1)Oc1ccccc1)C(=O)O. The molecule has 0 atom stereocenters. The Balaban J connectivity index is 2.09. The maximum atomic E-state index is 12.9. The summed E-state index contributed by atoms with van der Waals surface area (Å²) in [7, 11) is -3.98. The third-order valence-electron chi connectivity index (χ3n) is 2.88. The van der Waals surface area contributed by atoms with Crippen molar-refractivity contribution in [2.24, 2.45) is 0 Å². The number of aliphatic carboxylic acids is 1. The second-order valence-corrected chi connectivity index (χ2v) is 6.27. The van der Waals surface area contributed by atoms with Gasteiger partial charge in [0.25, 0.3) is 0 Å². The van der Waals surface area contributed by atoms with Crippen molar-refractivity contribution in [3.8, 4) is 11.5 Å². The summed E-state index contributed by atoms with van der Waals surface area (Å²) < 4.78 is 28.9. The first kappa shape index (κ1) is 17.8. The normalized spacial score (nSPS) is 10.8. The summed E-state index contributed by atoms with van der Waals surface area (Å²) in [6.45, 7) is 3.23. The molecule has 0 aliphatic rings. The predicted octanol–water partition coefficient (Wildman–Crippen LogP) is 4.30. The Morgan fingerprint density at radius 2 is 1.42 bits per heavy atom. The lowest BCUT2D eigenvalue weighted by molar-refractivity contribution is -0.132. The highest BCUT2D eigenvalue weighted by molar-refractivity contribution is 7.49. The van der Waals surface area contributed by atoms with E-state index in [4.69, 9.17) is 18.7 Å². The molecule has 0 saturated heterocycles. The first-order valence-corrected chi connectivity index (χ1v) is 8.59. The van der Waals surface area contributed by atoms with Gasteiger partial charge in [0, 0.05) is 12.0 Å². The summed E-state index contributed by atoms with van der Waals surface area (Å²) >= 11 is 0. The molecule has 0 radical (unpaired) electrons. The molecule has 1 N–H and O–H groups in total. The largest absolute Gasteiger partial charge is 0.587 e. The van der Waals surface area contributed by atoms with E-state index in [1.54, 1.807) is 60.7 Å². The number of phosphoric acid groups is 1. The van der Waals surface area contributed by atoms with Crippen molar-refractivity contribution in [1.29, 1.82) is 0 Å². The molecule has 24 heavy (non-hydrogen) atoms. The quantitative estimate of drug-likeness (QED) is 0.537. The number of carboxylic acids is 1. The van der Waals surface area contributed by atoms with Crippen LogP contribution in [0.1, 0.15) is 6.42 Å². The lowest BCUT2D eigenvalue weighted by atomic mass is 10.2. The standard InChI is InChI=1S/C17H17O6P/c1-14(17(18)19)12-13-21-24(20,22-15-8-4-2-5-9-15)23-16-10-6-3-7-11-16/h2-11H,1,12-13H2,(H,18,19). The van der Waals surface area contributed by atoms with Gasteiger partial charge in [0.15, 0.2) is 0 Å². The predicted molar refractivity (Wildman–Crippen MR) is 89.1 cm³/mol. The molecule has 0 aliphatic carbocycles. The highest BCUT2D eigenvalue weighted by Crippen LogP contribution is 2.49. The Bertz CT molecular complexity index is 684. The number of carboxylic acid groups (broad SMARTS) is 1. The first-order chi connectivity index (χ1) is 11.5. The zero-order valence-corrected chi connectivity index (χ0v) is 13.7. The van der Waals surface area contributed by atoms with E-state index >= 15 is 0 Å². The average molecular weight is 348 g/mol. The minimum Gasteiger partial charge on any atom is -0.478 e. The molecule has 0 aromatic heterocycles. The topological polar surface area (TPSA) is 82.1 Å². The minimum absolute atomic E-state index is 0.00434. The second kappa shape index (κ2) is 8.34. The number of carbonyl (C=O) groups is 1. The molecule has 126 valence electrons. The van der Waals surface area contributed by atoms with Gasteiger partial charge in [-0.1, -0.05) is 43.0 Å². The molecule has 7 heteroatoms. The average Bonchev–Trinajstić information content (AvgIpc) is 2.56. The Hall–Kier alpha value is -2.56. The smallest absolute Gasteiger partial charge is 0.478 e. The highest BCUT2D eigenvalue weighted by Gasteiger charge is 2.31. The molecule has 2 rings (SSSR count). The van der Waals surface area contributed by atoms with E-state index in [1.807, 2.05) is 0 Å². The van der Waals surface area contributed by atoms with E-state index in [0.29, 0.717) is 11.5 Å². The van der Waals surface area contributed by atoms with Gasteiger partial charge in [-0.2, -0.15) is 0 Å². The van der Waals surface area contributed by atoms with E-state index in [-0.39, 0.29) is 18.6 Å². The van der Waals surface area contributed by atoms with Crippen molar-refractivity contribution in [2.75, 3.05) is 6.61 Å². The van der Waals surface area contributed by atoms with Gasteiger partial charge >= 0.3 is 13.8 Å². The summed E-state index contributed by atoms with van der Waals surface area (Å²) in [5, 5.41) is 8.80. The zero-order chi connectivity index (χ0) is 17.4. The van der Waals surface area contributed by atoms with Crippen LogP contribution in [0.2, 0.25) is 0 Å². The van der Waals surface area contributed by atoms with Crippen molar-refractivity contribution >= 4 is 13.8 Å². The van der Waals surface area contributed by atoms with Crippen LogP contribution in [0.3, 0.4) is 0 Å². The number of hydrogen-bond acceptors (Lipinski definition) is 5. The molecule has 0 aliphatic heterocycles. The molecule has 0 saturated carbocycles. The molecule has 0 amide bonds. The molecule has 0 heterocycles. The summed E-state index contributed by atoms with van der Waals surface area (Å²) in [6.07, 6.45) is -0.00434. The summed E-state index contributed by atoms with van der Waals surface area (Å²) in [5.74, 6) is -0.510. The van der Waals surface area contributed by atoms with Crippen molar-refractivity contribution in [1.82, 2.24) is 0 Å². The minimum atomic E-state index is -3.98. The second-order valence-electron chi connectivity index (χ2n) is 4.75. The number of para-hydroxylation sites is 2. The van der Waals surface area contributed by atoms with Crippen LogP contribution in [0.5, 0.6) is 11.5 Å². The fraction of sp³-hybridized carbons (Fsp3) is 0.118. The Labute approximate surface area is 139 Å². The van der Waals surface area contributed by atoms with Gasteiger partial charge < -0.3 is 14.2 Å². The lowest BCUT2D eigenvalue weighted by Crippen LogP contribution is -2.08. The van der Waals surface area contributed by atoms with Gasteiger partial charge in [0.05, 0.1) is 6.61 Å². The monoisotopic (exact) mass is 348 g/mol. The summed E-state index contributed by atoms with van der Waals surface area (Å²) in [6, 6.07) is 16.9. The number of benzene rings is 2. The van der Waals surface area contributed by atoms with E-state index in [9.17, 15) is 9.36 Å². The van der Waals surface area contributed by atoms with Gasteiger partial charge in [0.1, 0.15) is 11.5 Å². The van der Waals surface area contributed by atoms with Gasteiger partial charge in [-0.05, 0) is 24.3 Å². The van der Waals surface area contributed by atoms with Gasteiger partial charge in [-0.15, -0.1) is 0 Å². The number of rotatable bonds is 9. The van der Waals surface area contributed by atoms with Gasteiger partial charge in [-0.3, -0.25) is 4.52 Å². The third-order valence-corrected chi connectivity index (χ3v) is 4.24. The summed E-state index contributed by atoms with van der Waals surface area (Å²) in [4.78, 5) is 10.8. The molecule has 0 bridgehead atoms. The van der Waals surface area contributed by atoms with E-state index in [2.05, 4.69) is 6.58 Å². The fourth-order valence-electron chi connectivity index (χ4n) is 1.68. The Kier molecular flexibility index (Phi) is 6.18. The van der Waals surface area contributed by atoms with Crippen LogP contribution in [0.25, 0.3) is 0 Å². The van der Waals surface area contributed by atoms with E-state index in [0.717, 1.165) is 0 Å². The molecule has 0 unspecified atom stereocenters. The van der Waals surface area contributed by atoms with Crippen molar-refractivity contribution in [3.05, 3.63) is 72.8 Å². The molecule has 2 aromatic carbocycles. The first-order valence-electron chi connectivity index (χ1n) is 7.13.